The maximum atomic E-state index is 13.7. The first-order chi connectivity index (χ1) is 12.4. The van der Waals surface area contributed by atoms with Crippen molar-refractivity contribution in [1.29, 1.82) is 0 Å². The van der Waals surface area contributed by atoms with Crippen molar-refractivity contribution in [2.45, 2.75) is 26.4 Å². The van der Waals surface area contributed by atoms with Crippen LogP contribution >= 0.6 is 15.9 Å². The van der Waals surface area contributed by atoms with Crippen molar-refractivity contribution in [1.82, 2.24) is 9.13 Å². The second-order valence-corrected chi connectivity index (χ2v) is 6.98. The van der Waals surface area contributed by atoms with E-state index in [0.29, 0.717) is 0 Å². The van der Waals surface area contributed by atoms with Gasteiger partial charge in [-0.1, -0.05) is 28.1 Å². The second kappa shape index (κ2) is 7.37. The third kappa shape index (κ3) is 3.67. The van der Waals surface area contributed by atoms with E-state index in [2.05, 4.69) is 15.9 Å². The number of nitrogens with zero attached hydrogens (tertiary/aromatic N) is 2. The van der Waals surface area contributed by atoms with Gasteiger partial charge in [0.05, 0.1) is 17.4 Å². The van der Waals surface area contributed by atoms with Crippen molar-refractivity contribution in [3.8, 4) is 0 Å². The Morgan fingerprint density at radius 1 is 1.08 bits per heavy atom. The lowest BCUT2D eigenvalue weighted by molar-refractivity contribution is -0.117. The smallest absolute Gasteiger partial charge is 0.300 e. The van der Waals surface area contributed by atoms with Gasteiger partial charge in [0, 0.05) is 17.4 Å². The van der Waals surface area contributed by atoms with Gasteiger partial charge in [0.25, 0.3) is 5.56 Å². The van der Waals surface area contributed by atoms with Crippen LogP contribution in [0.25, 0.3) is 10.9 Å². The van der Waals surface area contributed by atoms with Gasteiger partial charge in [0.2, 0.25) is 0 Å². The lowest BCUT2D eigenvalue weighted by atomic mass is 10.2. The monoisotopic (exact) mass is 418 g/mol. The number of aromatic nitrogens is 2. The number of carbonyl (C=O) groups is 1. The fourth-order valence-corrected chi connectivity index (χ4v) is 3.05. The first-order valence-corrected chi connectivity index (χ1v) is 8.83. The molecule has 0 aliphatic rings. The summed E-state index contributed by atoms with van der Waals surface area (Å²) in [6, 6.07) is 11.0. The largest absolute Gasteiger partial charge is 0.331 e. The summed E-state index contributed by atoms with van der Waals surface area (Å²) in [5.41, 5.74) is -0.0513. The van der Waals surface area contributed by atoms with Crippen LogP contribution in [0.4, 0.5) is 4.39 Å². The van der Waals surface area contributed by atoms with Gasteiger partial charge in [0.1, 0.15) is 11.6 Å². The summed E-state index contributed by atoms with van der Waals surface area (Å²) in [6.07, 6.45) is 0.127. The Balaban J connectivity index is 2.20. The van der Waals surface area contributed by atoms with Crippen molar-refractivity contribution in [2.75, 3.05) is 0 Å². The van der Waals surface area contributed by atoms with E-state index in [-0.39, 0.29) is 36.2 Å². The highest BCUT2D eigenvalue weighted by molar-refractivity contribution is 9.10. The maximum Gasteiger partial charge on any atom is 0.331 e. The number of halogens is 2. The minimum atomic E-state index is -0.558. The van der Waals surface area contributed by atoms with Gasteiger partial charge in [-0.2, -0.15) is 0 Å². The van der Waals surface area contributed by atoms with Crippen LogP contribution in [-0.4, -0.2) is 14.9 Å². The molecule has 3 aromatic rings. The molecule has 0 N–H and O–H groups in total. The standard InChI is InChI=1S/C19H16BrFN2O3/c1-12(24)8-9-22-17-10-15(21)6-7-16(17)18(25)23(19(22)26)11-13-2-4-14(20)5-3-13/h2-7,10H,8-9,11H2,1H3. The summed E-state index contributed by atoms with van der Waals surface area (Å²) in [5.74, 6) is -0.634. The number of hydrogen-bond donors (Lipinski definition) is 0. The highest BCUT2D eigenvalue weighted by Crippen LogP contribution is 2.13. The number of Topliss-reactive ketones (excluding diaryl/α,β-unsaturated/α-hetero) is 1. The molecule has 0 spiro atoms. The van der Waals surface area contributed by atoms with Gasteiger partial charge in [-0.05, 0) is 42.8 Å². The predicted molar refractivity (Wildman–Crippen MR) is 101 cm³/mol. The Kier molecular flexibility index (Phi) is 5.18. The average Bonchev–Trinajstić information content (AvgIpc) is 2.59. The Morgan fingerprint density at radius 3 is 2.42 bits per heavy atom. The van der Waals surface area contributed by atoms with Crippen LogP contribution < -0.4 is 11.2 Å². The van der Waals surface area contributed by atoms with Gasteiger partial charge in [-0.25, -0.2) is 9.18 Å². The van der Waals surface area contributed by atoms with Crippen LogP contribution in [0.15, 0.2) is 56.5 Å². The van der Waals surface area contributed by atoms with Gasteiger partial charge in [-0.15, -0.1) is 0 Å². The summed E-state index contributed by atoms with van der Waals surface area (Å²) in [4.78, 5) is 37.0. The van der Waals surface area contributed by atoms with Crippen LogP contribution in [0.2, 0.25) is 0 Å². The van der Waals surface area contributed by atoms with E-state index in [1.165, 1.54) is 23.6 Å². The molecule has 1 heterocycles. The van der Waals surface area contributed by atoms with Crippen molar-refractivity contribution < 1.29 is 9.18 Å². The summed E-state index contributed by atoms with van der Waals surface area (Å²) >= 11 is 3.34. The molecule has 0 atom stereocenters. The van der Waals surface area contributed by atoms with Gasteiger partial charge >= 0.3 is 5.69 Å². The molecule has 0 unspecified atom stereocenters. The van der Waals surface area contributed by atoms with Crippen LogP contribution in [0, 0.1) is 5.82 Å². The topological polar surface area (TPSA) is 61.1 Å². The third-order valence-corrected chi connectivity index (χ3v) is 4.66. The minimum absolute atomic E-state index is 0.0906. The van der Waals surface area contributed by atoms with Crippen LogP contribution in [0.1, 0.15) is 18.9 Å². The second-order valence-electron chi connectivity index (χ2n) is 6.07. The highest BCUT2D eigenvalue weighted by Gasteiger charge is 2.14. The first kappa shape index (κ1) is 18.3. The average molecular weight is 419 g/mol. The molecule has 0 fully saturated rings. The number of aryl methyl sites for hydroxylation is 1. The number of hydrogen-bond acceptors (Lipinski definition) is 3. The predicted octanol–water partition coefficient (Wildman–Crippen LogP) is 3.09. The summed E-state index contributed by atoms with van der Waals surface area (Å²) in [5, 5.41) is 0.242. The van der Waals surface area contributed by atoms with Crippen LogP contribution in [0.3, 0.4) is 0 Å². The molecule has 0 radical (unpaired) electrons. The molecule has 0 aliphatic carbocycles. The quantitative estimate of drug-likeness (QED) is 0.639. The van der Waals surface area contributed by atoms with Crippen molar-refractivity contribution in [2.24, 2.45) is 0 Å². The summed E-state index contributed by atoms with van der Waals surface area (Å²) < 4.78 is 17.0. The van der Waals surface area contributed by atoms with Gasteiger partial charge in [-0.3, -0.25) is 18.7 Å². The summed E-state index contributed by atoms with van der Waals surface area (Å²) in [7, 11) is 0. The van der Waals surface area contributed by atoms with E-state index in [4.69, 9.17) is 0 Å². The normalized spacial score (nSPS) is 11.0. The van der Waals surface area contributed by atoms with E-state index in [1.807, 2.05) is 24.3 Å². The van der Waals surface area contributed by atoms with Crippen molar-refractivity contribution in [3.63, 3.8) is 0 Å². The molecule has 0 aliphatic heterocycles. The molecule has 3 rings (SSSR count). The Morgan fingerprint density at radius 2 is 1.77 bits per heavy atom. The Hall–Kier alpha value is -2.54. The Labute approximate surface area is 156 Å². The molecule has 0 saturated carbocycles. The SMILES string of the molecule is CC(=O)CCn1c(=O)n(Cc2ccc(Br)cc2)c(=O)c2ccc(F)cc21. The lowest BCUT2D eigenvalue weighted by Gasteiger charge is -2.14. The van der Waals surface area contributed by atoms with E-state index >= 15 is 0 Å². The zero-order valence-electron chi connectivity index (χ0n) is 14.0. The van der Waals surface area contributed by atoms with Crippen molar-refractivity contribution in [3.05, 3.63) is 79.2 Å². The van der Waals surface area contributed by atoms with E-state index < -0.39 is 17.1 Å². The summed E-state index contributed by atoms with van der Waals surface area (Å²) in [6.45, 7) is 1.61. The molecule has 0 bridgehead atoms. The van der Waals surface area contributed by atoms with E-state index in [9.17, 15) is 18.8 Å². The van der Waals surface area contributed by atoms with E-state index in [1.54, 1.807) is 0 Å². The molecular weight excluding hydrogens is 403 g/mol. The molecule has 134 valence electrons. The maximum absolute atomic E-state index is 13.7. The Bertz CT molecular complexity index is 1100. The number of rotatable bonds is 5. The number of carbonyl (C=O) groups excluding carboxylic acids is 1. The molecule has 7 heteroatoms. The zero-order valence-corrected chi connectivity index (χ0v) is 15.6. The zero-order chi connectivity index (χ0) is 18.8. The van der Waals surface area contributed by atoms with E-state index in [0.717, 1.165) is 20.7 Å². The molecule has 0 saturated heterocycles. The minimum Gasteiger partial charge on any atom is -0.300 e. The number of fused-ring (bicyclic) bond motifs is 1. The molecule has 0 amide bonds. The van der Waals surface area contributed by atoms with Crippen LogP contribution in [-0.2, 0) is 17.9 Å². The van der Waals surface area contributed by atoms with Gasteiger partial charge in [0.15, 0.2) is 0 Å². The highest BCUT2D eigenvalue weighted by atomic mass is 79.9. The molecular formula is C19H16BrFN2O3. The molecule has 26 heavy (non-hydrogen) atoms. The number of ketones is 1. The van der Waals surface area contributed by atoms with Crippen LogP contribution in [0.5, 0.6) is 0 Å². The first-order valence-electron chi connectivity index (χ1n) is 8.03. The fourth-order valence-electron chi connectivity index (χ4n) is 2.79. The number of benzene rings is 2. The van der Waals surface area contributed by atoms with Crippen molar-refractivity contribution >= 4 is 32.6 Å². The fraction of sp³-hybridized carbons (Fsp3) is 0.211. The molecule has 2 aromatic carbocycles. The lowest BCUT2D eigenvalue weighted by Crippen LogP contribution is -2.40. The van der Waals surface area contributed by atoms with Gasteiger partial charge < -0.3 is 0 Å². The third-order valence-electron chi connectivity index (χ3n) is 4.13. The molecule has 5 nitrogen and oxygen atoms in total. The molecule has 1 aromatic heterocycles.